The zero-order valence-corrected chi connectivity index (χ0v) is 11.3. The molecule has 2 rings (SSSR count). The summed E-state index contributed by atoms with van der Waals surface area (Å²) >= 11 is 0. The van der Waals surface area contributed by atoms with E-state index in [0.29, 0.717) is 36.5 Å². The lowest BCUT2D eigenvalue weighted by Crippen LogP contribution is -2.32. The van der Waals surface area contributed by atoms with Crippen LogP contribution in [0.4, 0.5) is 10.1 Å². The molecular weight excluding hydrogens is 259 g/mol. The molecule has 0 spiro atoms. The molecule has 0 unspecified atom stereocenters. The van der Waals surface area contributed by atoms with Crippen LogP contribution in [0.25, 0.3) is 0 Å². The highest BCUT2D eigenvalue weighted by Gasteiger charge is 2.19. The van der Waals surface area contributed by atoms with Crippen molar-refractivity contribution < 1.29 is 13.6 Å². The van der Waals surface area contributed by atoms with Crippen molar-refractivity contribution in [3.8, 4) is 0 Å². The van der Waals surface area contributed by atoms with E-state index in [-0.39, 0.29) is 11.7 Å². The first-order chi connectivity index (χ1) is 9.61. The summed E-state index contributed by atoms with van der Waals surface area (Å²) in [6.45, 7) is 2.66. The molecule has 0 bridgehead atoms. The molecule has 0 radical (unpaired) electrons. The van der Waals surface area contributed by atoms with E-state index in [9.17, 15) is 9.18 Å². The van der Waals surface area contributed by atoms with Gasteiger partial charge in [0.25, 0.3) is 5.91 Å². The molecule has 4 nitrogen and oxygen atoms in total. The molecule has 1 heterocycles. The lowest BCUT2D eigenvalue weighted by atomic mass is 10.2. The van der Waals surface area contributed by atoms with Crippen molar-refractivity contribution in [2.75, 3.05) is 18.0 Å². The Kier molecular flexibility index (Phi) is 4.53. The zero-order valence-electron chi connectivity index (χ0n) is 11.3. The summed E-state index contributed by atoms with van der Waals surface area (Å²) in [6.07, 6.45) is 2.05. The smallest absolute Gasteiger partial charge is 0.261 e. The van der Waals surface area contributed by atoms with Crippen molar-refractivity contribution >= 4 is 11.6 Å². The van der Waals surface area contributed by atoms with E-state index in [0.717, 1.165) is 0 Å². The maximum absolute atomic E-state index is 13.3. The van der Waals surface area contributed by atoms with Crippen molar-refractivity contribution in [3.05, 3.63) is 53.7 Å². The Balaban J connectivity index is 2.29. The highest BCUT2D eigenvalue weighted by Crippen LogP contribution is 2.19. The van der Waals surface area contributed by atoms with Gasteiger partial charge >= 0.3 is 0 Å². The number of nitrogens with zero attached hydrogens (tertiary/aromatic N) is 1. The first-order valence-electron chi connectivity index (χ1n) is 6.44. The molecule has 0 aliphatic rings. The van der Waals surface area contributed by atoms with Crippen LogP contribution in [-0.4, -0.2) is 19.0 Å². The summed E-state index contributed by atoms with van der Waals surface area (Å²) in [4.78, 5) is 14.0. The first kappa shape index (κ1) is 14.3. The van der Waals surface area contributed by atoms with Crippen LogP contribution in [0.3, 0.4) is 0 Å². The lowest BCUT2D eigenvalue weighted by molar-refractivity contribution is 0.0986. The number of anilines is 1. The number of nitrogens with two attached hydrogens (primary N) is 1. The summed E-state index contributed by atoms with van der Waals surface area (Å²) in [5, 5.41) is 0. The minimum absolute atomic E-state index is 0.221. The molecule has 1 amide bonds. The SMILES string of the molecule is Cc1cc(C(=O)N(CCCN)c2cccc(F)c2)co1. The van der Waals surface area contributed by atoms with E-state index in [1.54, 1.807) is 25.1 Å². The molecule has 20 heavy (non-hydrogen) atoms. The second-order valence-electron chi connectivity index (χ2n) is 4.52. The molecule has 2 aromatic rings. The van der Waals surface area contributed by atoms with Gasteiger partial charge in [-0.05, 0) is 44.2 Å². The van der Waals surface area contributed by atoms with Gasteiger partial charge in [0.15, 0.2) is 0 Å². The van der Waals surface area contributed by atoms with Gasteiger partial charge in [-0.2, -0.15) is 0 Å². The third-order valence-corrected chi connectivity index (χ3v) is 2.93. The Bertz CT molecular complexity index is 595. The number of halogens is 1. The monoisotopic (exact) mass is 276 g/mol. The van der Waals surface area contributed by atoms with E-state index in [2.05, 4.69) is 0 Å². The molecule has 1 aromatic heterocycles. The molecule has 0 fully saturated rings. The van der Waals surface area contributed by atoms with Crippen molar-refractivity contribution in [1.29, 1.82) is 0 Å². The molecular formula is C15H17FN2O2. The van der Waals surface area contributed by atoms with Crippen LogP contribution in [0, 0.1) is 12.7 Å². The maximum Gasteiger partial charge on any atom is 0.261 e. The quantitative estimate of drug-likeness (QED) is 0.913. The van der Waals surface area contributed by atoms with Gasteiger partial charge in [-0.3, -0.25) is 4.79 Å². The summed E-state index contributed by atoms with van der Waals surface area (Å²) in [5.41, 5.74) is 6.46. The number of furan rings is 1. The van der Waals surface area contributed by atoms with Gasteiger partial charge in [0, 0.05) is 12.2 Å². The third kappa shape index (κ3) is 3.24. The second kappa shape index (κ2) is 6.34. The van der Waals surface area contributed by atoms with E-state index >= 15 is 0 Å². The predicted octanol–water partition coefficient (Wildman–Crippen LogP) is 2.72. The third-order valence-electron chi connectivity index (χ3n) is 2.93. The largest absolute Gasteiger partial charge is 0.469 e. The molecule has 5 heteroatoms. The molecule has 1 aromatic carbocycles. The summed E-state index contributed by atoms with van der Waals surface area (Å²) in [5.74, 6) is 0.0590. The fourth-order valence-corrected chi connectivity index (χ4v) is 1.95. The molecule has 0 aliphatic carbocycles. The van der Waals surface area contributed by atoms with Crippen LogP contribution in [0.5, 0.6) is 0 Å². The number of hydrogen-bond donors (Lipinski definition) is 1. The molecule has 2 N–H and O–H groups in total. The fraction of sp³-hybridized carbons (Fsp3) is 0.267. The zero-order chi connectivity index (χ0) is 14.5. The van der Waals surface area contributed by atoms with E-state index in [4.69, 9.17) is 10.2 Å². The number of rotatable bonds is 5. The van der Waals surface area contributed by atoms with Crippen LogP contribution in [0.15, 0.2) is 41.0 Å². The van der Waals surface area contributed by atoms with Crippen molar-refractivity contribution in [2.45, 2.75) is 13.3 Å². The van der Waals surface area contributed by atoms with Crippen LogP contribution in [-0.2, 0) is 0 Å². The Labute approximate surface area is 117 Å². The van der Waals surface area contributed by atoms with E-state index in [1.807, 2.05) is 0 Å². The van der Waals surface area contributed by atoms with Gasteiger partial charge in [0.2, 0.25) is 0 Å². The molecule has 106 valence electrons. The second-order valence-corrected chi connectivity index (χ2v) is 4.52. The van der Waals surface area contributed by atoms with Gasteiger partial charge < -0.3 is 15.1 Å². The summed E-state index contributed by atoms with van der Waals surface area (Å²) < 4.78 is 18.5. The Morgan fingerprint density at radius 2 is 2.20 bits per heavy atom. The summed E-state index contributed by atoms with van der Waals surface area (Å²) in [6, 6.07) is 7.62. The molecule has 0 saturated carbocycles. The van der Waals surface area contributed by atoms with Gasteiger partial charge in [-0.25, -0.2) is 4.39 Å². The van der Waals surface area contributed by atoms with Crippen LogP contribution in [0.1, 0.15) is 22.5 Å². The van der Waals surface area contributed by atoms with Gasteiger partial charge in [0.05, 0.1) is 5.56 Å². The number of amides is 1. The van der Waals surface area contributed by atoms with Gasteiger partial charge in [0.1, 0.15) is 17.8 Å². The van der Waals surface area contributed by atoms with E-state index < -0.39 is 0 Å². The number of benzene rings is 1. The minimum atomic E-state index is -0.378. The molecule has 0 atom stereocenters. The normalized spacial score (nSPS) is 10.6. The maximum atomic E-state index is 13.3. The van der Waals surface area contributed by atoms with Gasteiger partial charge in [-0.1, -0.05) is 6.07 Å². The van der Waals surface area contributed by atoms with Crippen LogP contribution in [0.2, 0.25) is 0 Å². The average molecular weight is 276 g/mol. The minimum Gasteiger partial charge on any atom is -0.469 e. The van der Waals surface area contributed by atoms with Crippen LogP contribution >= 0.6 is 0 Å². The Morgan fingerprint density at radius 1 is 1.40 bits per heavy atom. The van der Waals surface area contributed by atoms with Crippen molar-refractivity contribution in [1.82, 2.24) is 0 Å². The topological polar surface area (TPSA) is 59.5 Å². The summed E-state index contributed by atoms with van der Waals surface area (Å²) in [7, 11) is 0. The average Bonchev–Trinajstić information content (AvgIpc) is 2.86. The number of aryl methyl sites for hydroxylation is 1. The predicted molar refractivity (Wildman–Crippen MR) is 75.2 cm³/mol. The molecule has 0 saturated heterocycles. The van der Waals surface area contributed by atoms with E-state index in [1.165, 1.54) is 23.3 Å². The highest BCUT2D eigenvalue weighted by molar-refractivity contribution is 6.05. The van der Waals surface area contributed by atoms with Gasteiger partial charge in [-0.15, -0.1) is 0 Å². The van der Waals surface area contributed by atoms with Crippen molar-refractivity contribution in [3.63, 3.8) is 0 Å². The highest BCUT2D eigenvalue weighted by atomic mass is 19.1. The first-order valence-corrected chi connectivity index (χ1v) is 6.44. The Hall–Kier alpha value is -2.14. The number of hydrogen-bond acceptors (Lipinski definition) is 3. The number of carbonyl (C=O) groups is 1. The fourth-order valence-electron chi connectivity index (χ4n) is 1.95. The lowest BCUT2D eigenvalue weighted by Gasteiger charge is -2.22. The Morgan fingerprint density at radius 3 is 2.80 bits per heavy atom. The molecule has 0 aliphatic heterocycles. The standard InChI is InChI=1S/C15H17FN2O2/c1-11-8-12(10-20-11)15(19)18(7-3-6-17)14-5-2-4-13(16)9-14/h2,4-5,8-10H,3,6-7,17H2,1H3. The number of carbonyl (C=O) groups excluding carboxylic acids is 1. The van der Waals surface area contributed by atoms with Crippen molar-refractivity contribution in [2.24, 2.45) is 5.73 Å². The van der Waals surface area contributed by atoms with Crippen LogP contribution < -0.4 is 10.6 Å².